The largest absolute Gasteiger partial charge is 0.369 e. The summed E-state index contributed by atoms with van der Waals surface area (Å²) >= 11 is 0. The van der Waals surface area contributed by atoms with Gasteiger partial charge in [-0.25, -0.2) is 0 Å². The lowest BCUT2D eigenvalue weighted by atomic mass is 9.75. The topological polar surface area (TPSA) is 55.1 Å². The Balaban J connectivity index is 2.01. The van der Waals surface area contributed by atoms with Crippen molar-refractivity contribution in [2.75, 3.05) is 0 Å². The molecule has 0 aromatic rings. The van der Waals surface area contributed by atoms with E-state index >= 15 is 0 Å². The molecule has 0 aromatic carbocycles. The van der Waals surface area contributed by atoms with Crippen molar-refractivity contribution < 1.29 is 4.79 Å². The smallest absolute Gasteiger partial charge is 0.222 e. The highest BCUT2D eigenvalue weighted by molar-refractivity contribution is 5.77. The third-order valence-electron chi connectivity index (χ3n) is 4.66. The lowest BCUT2D eigenvalue weighted by Crippen LogP contribution is -2.54. The van der Waals surface area contributed by atoms with Gasteiger partial charge in [0.25, 0.3) is 0 Å². The van der Waals surface area contributed by atoms with Crippen molar-refractivity contribution >= 4 is 5.91 Å². The quantitative estimate of drug-likeness (QED) is 0.790. The molecule has 98 valence electrons. The highest BCUT2D eigenvalue weighted by Gasteiger charge is 2.38. The molecule has 3 nitrogen and oxygen atoms in total. The Morgan fingerprint density at radius 3 is 2.53 bits per heavy atom. The van der Waals surface area contributed by atoms with E-state index in [2.05, 4.69) is 19.2 Å². The maximum atomic E-state index is 11.6. The van der Waals surface area contributed by atoms with Gasteiger partial charge in [-0.15, -0.1) is 0 Å². The van der Waals surface area contributed by atoms with Gasteiger partial charge in [0, 0.05) is 12.1 Å². The second kappa shape index (κ2) is 5.38. The molecule has 2 rings (SSSR count). The number of piperidine rings is 1. The molecule has 3 N–H and O–H groups in total. The van der Waals surface area contributed by atoms with Crippen LogP contribution in [0, 0.1) is 17.8 Å². The first kappa shape index (κ1) is 12.9. The maximum Gasteiger partial charge on any atom is 0.222 e. The zero-order valence-electron chi connectivity index (χ0n) is 11.1. The average Bonchev–Trinajstić information content (AvgIpc) is 2.68. The first-order chi connectivity index (χ1) is 8.08. The molecule has 1 saturated heterocycles. The van der Waals surface area contributed by atoms with Gasteiger partial charge < -0.3 is 11.1 Å². The van der Waals surface area contributed by atoms with Crippen molar-refractivity contribution in [3.8, 4) is 0 Å². The van der Waals surface area contributed by atoms with Crippen molar-refractivity contribution in [3.05, 3.63) is 0 Å². The number of hydrogen-bond acceptors (Lipinski definition) is 2. The van der Waals surface area contributed by atoms with Crippen LogP contribution in [-0.4, -0.2) is 18.0 Å². The van der Waals surface area contributed by atoms with E-state index in [-0.39, 0.29) is 11.8 Å². The van der Waals surface area contributed by atoms with E-state index < -0.39 is 0 Å². The minimum Gasteiger partial charge on any atom is -0.369 e. The van der Waals surface area contributed by atoms with E-state index in [4.69, 9.17) is 5.73 Å². The van der Waals surface area contributed by atoms with Crippen LogP contribution < -0.4 is 11.1 Å². The Morgan fingerprint density at radius 1 is 1.29 bits per heavy atom. The van der Waals surface area contributed by atoms with Gasteiger partial charge in [0.15, 0.2) is 0 Å². The predicted molar refractivity (Wildman–Crippen MR) is 69.4 cm³/mol. The van der Waals surface area contributed by atoms with E-state index in [0.717, 1.165) is 18.8 Å². The number of carbonyl (C=O) groups excluding carboxylic acids is 1. The number of carbonyl (C=O) groups is 1. The third kappa shape index (κ3) is 3.01. The van der Waals surface area contributed by atoms with Crippen LogP contribution in [0.4, 0.5) is 0 Å². The SMILES string of the molecule is CC1CC(C)C(C(N)=O)C(CC2CCCC2)N1. The Morgan fingerprint density at radius 2 is 1.94 bits per heavy atom. The summed E-state index contributed by atoms with van der Waals surface area (Å²) in [5.41, 5.74) is 5.59. The van der Waals surface area contributed by atoms with Gasteiger partial charge in [-0.3, -0.25) is 4.79 Å². The summed E-state index contributed by atoms with van der Waals surface area (Å²) in [4.78, 5) is 11.6. The number of rotatable bonds is 3. The summed E-state index contributed by atoms with van der Waals surface area (Å²) in [7, 11) is 0. The normalized spacial score (nSPS) is 39.4. The highest BCUT2D eigenvalue weighted by atomic mass is 16.1. The highest BCUT2D eigenvalue weighted by Crippen LogP contribution is 2.34. The molecular formula is C14H26N2O. The van der Waals surface area contributed by atoms with Crippen molar-refractivity contribution in [2.24, 2.45) is 23.5 Å². The van der Waals surface area contributed by atoms with Crippen molar-refractivity contribution in [1.82, 2.24) is 5.32 Å². The standard InChI is InChI=1S/C14H26N2O/c1-9-7-10(2)16-12(13(9)14(15)17)8-11-5-3-4-6-11/h9-13,16H,3-8H2,1-2H3,(H2,15,17). The van der Waals surface area contributed by atoms with Gasteiger partial charge in [-0.05, 0) is 31.6 Å². The first-order valence-corrected chi connectivity index (χ1v) is 7.13. The number of hydrogen-bond donors (Lipinski definition) is 2. The minimum atomic E-state index is -0.111. The number of nitrogens with two attached hydrogens (primary N) is 1. The molecule has 3 heteroatoms. The van der Waals surface area contributed by atoms with Gasteiger partial charge in [0.2, 0.25) is 5.91 Å². The molecule has 1 amide bonds. The lowest BCUT2D eigenvalue weighted by molar-refractivity contribution is -0.125. The third-order valence-corrected chi connectivity index (χ3v) is 4.66. The molecule has 1 aliphatic heterocycles. The number of primary amides is 1. The van der Waals surface area contributed by atoms with E-state index in [1.807, 2.05) is 0 Å². The average molecular weight is 238 g/mol. The van der Waals surface area contributed by atoms with Crippen LogP contribution in [0.1, 0.15) is 52.4 Å². The van der Waals surface area contributed by atoms with Crippen LogP contribution in [0.25, 0.3) is 0 Å². The monoisotopic (exact) mass is 238 g/mol. The van der Waals surface area contributed by atoms with Crippen molar-refractivity contribution in [1.29, 1.82) is 0 Å². The lowest BCUT2D eigenvalue weighted by Gasteiger charge is -2.40. The van der Waals surface area contributed by atoms with Gasteiger partial charge in [-0.2, -0.15) is 0 Å². The molecule has 0 bridgehead atoms. The van der Waals surface area contributed by atoms with Gasteiger partial charge in [-0.1, -0.05) is 32.6 Å². The molecule has 4 atom stereocenters. The van der Waals surface area contributed by atoms with E-state index in [1.165, 1.54) is 25.7 Å². The predicted octanol–water partition coefficient (Wildman–Crippen LogP) is 2.05. The molecular weight excluding hydrogens is 212 g/mol. The molecule has 0 aromatic heterocycles. The summed E-state index contributed by atoms with van der Waals surface area (Å²) in [5.74, 6) is 1.16. The van der Waals surface area contributed by atoms with Crippen LogP contribution >= 0.6 is 0 Å². The van der Waals surface area contributed by atoms with Crippen LogP contribution in [0.3, 0.4) is 0 Å². The number of amides is 1. The summed E-state index contributed by atoms with van der Waals surface area (Å²) in [6.45, 7) is 4.39. The molecule has 0 radical (unpaired) electrons. The molecule has 0 spiro atoms. The number of nitrogens with one attached hydrogen (secondary N) is 1. The van der Waals surface area contributed by atoms with E-state index in [0.29, 0.717) is 18.0 Å². The first-order valence-electron chi connectivity index (χ1n) is 7.13. The maximum absolute atomic E-state index is 11.6. The zero-order valence-corrected chi connectivity index (χ0v) is 11.1. The molecule has 1 aliphatic carbocycles. The Hall–Kier alpha value is -0.570. The summed E-state index contributed by atoms with van der Waals surface area (Å²) in [5, 5.41) is 3.60. The molecule has 1 saturated carbocycles. The second-order valence-corrected chi connectivity index (χ2v) is 6.20. The molecule has 2 fully saturated rings. The van der Waals surface area contributed by atoms with Gasteiger partial charge in [0.1, 0.15) is 0 Å². The van der Waals surface area contributed by atoms with Crippen molar-refractivity contribution in [2.45, 2.75) is 64.5 Å². The Bertz CT molecular complexity index is 273. The van der Waals surface area contributed by atoms with Crippen LogP contribution in [0.2, 0.25) is 0 Å². The van der Waals surface area contributed by atoms with Gasteiger partial charge >= 0.3 is 0 Å². The van der Waals surface area contributed by atoms with E-state index in [9.17, 15) is 4.79 Å². The molecule has 2 aliphatic rings. The summed E-state index contributed by atoms with van der Waals surface area (Å²) in [6.07, 6.45) is 7.61. The fraction of sp³-hybridized carbons (Fsp3) is 0.929. The summed E-state index contributed by atoms with van der Waals surface area (Å²) < 4.78 is 0. The van der Waals surface area contributed by atoms with Gasteiger partial charge in [0.05, 0.1) is 5.92 Å². The fourth-order valence-electron chi connectivity index (χ4n) is 3.94. The van der Waals surface area contributed by atoms with Crippen LogP contribution in [0.5, 0.6) is 0 Å². The van der Waals surface area contributed by atoms with Crippen LogP contribution in [-0.2, 0) is 4.79 Å². The summed E-state index contributed by atoms with van der Waals surface area (Å²) in [6, 6.07) is 0.835. The fourth-order valence-corrected chi connectivity index (χ4v) is 3.94. The van der Waals surface area contributed by atoms with E-state index in [1.54, 1.807) is 0 Å². The molecule has 17 heavy (non-hydrogen) atoms. The Kier molecular flexibility index (Phi) is 4.08. The molecule has 1 heterocycles. The second-order valence-electron chi connectivity index (χ2n) is 6.20. The Labute approximate surface area is 105 Å². The minimum absolute atomic E-state index is 0.0341. The van der Waals surface area contributed by atoms with Crippen LogP contribution in [0.15, 0.2) is 0 Å². The van der Waals surface area contributed by atoms with Crippen molar-refractivity contribution in [3.63, 3.8) is 0 Å². The molecule has 4 unspecified atom stereocenters. The zero-order chi connectivity index (χ0) is 12.4.